The summed E-state index contributed by atoms with van der Waals surface area (Å²) in [5, 5.41) is 6.81. The minimum Gasteiger partial charge on any atom is -0.362 e. The van der Waals surface area contributed by atoms with Crippen LogP contribution >= 0.6 is 11.6 Å². The standard InChI is InChI=1S/C16H26ClN3O/c1-4-8-19-11-13-10-14(17)6-7-15(13)20(9-5-2)12-16(21)18-3/h6-7,10,19H,4-5,8-9,11-12H2,1-3H3,(H,18,21). The third-order valence-electron chi connectivity index (χ3n) is 3.23. The van der Waals surface area contributed by atoms with E-state index in [-0.39, 0.29) is 5.91 Å². The molecule has 4 nitrogen and oxygen atoms in total. The number of carbonyl (C=O) groups excluding carboxylic acids is 1. The predicted octanol–water partition coefficient (Wildman–Crippen LogP) is 2.80. The van der Waals surface area contributed by atoms with Crippen LogP contribution < -0.4 is 15.5 Å². The molecule has 0 fully saturated rings. The van der Waals surface area contributed by atoms with E-state index in [4.69, 9.17) is 11.6 Å². The highest BCUT2D eigenvalue weighted by Crippen LogP contribution is 2.24. The fourth-order valence-corrected chi connectivity index (χ4v) is 2.41. The average Bonchev–Trinajstić information content (AvgIpc) is 2.47. The number of benzene rings is 1. The highest BCUT2D eigenvalue weighted by Gasteiger charge is 2.14. The summed E-state index contributed by atoms with van der Waals surface area (Å²) in [6.07, 6.45) is 2.08. The van der Waals surface area contributed by atoms with Crippen LogP contribution in [0, 0.1) is 0 Å². The molecule has 0 aliphatic rings. The fourth-order valence-electron chi connectivity index (χ4n) is 2.21. The van der Waals surface area contributed by atoms with Crippen molar-refractivity contribution in [3.05, 3.63) is 28.8 Å². The Kier molecular flexibility index (Phi) is 8.16. The van der Waals surface area contributed by atoms with E-state index in [1.54, 1.807) is 7.05 Å². The number of hydrogen-bond acceptors (Lipinski definition) is 3. The Morgan fingerprint density at radius 2 is 2.05 bits per heavy atom. The molecule has 0 aliphatic heterocycles. The van der Waals surface area contributed by atoms with Gasteiger partial charge in [0.05, 0.1) is 6.54 Å². The fraction of sp³-hybridized carbons (Fsp3) is 0.562. The number of halogens is 1. The van der Waals surface area contributed by atoms with Gasteiger partial charge in [-0.15, -0.1) is 0 Å². The van der Waals surface area contributed by atoms with E-state index in [9.17, 15) is 4.79 Å². The van der Waals surface area contributed by atoms with Gasteiger partial charge in [-0.25, -0.2) is 0 Å². The van der Waals surface area contributed by atoms with Crippen LogP contribution in [-0.2, 0) is 11.3 Å². The topological polar surface area (TPSA) is 44.4 Å². The Bertz CT molecular complexity index is 451. The quantitative estimate of drug-likeness (QED) is 0.689. The van der Waals surface area contributed by atoms with Crippen LogP contribution in [0.25, 0.3) is 0 Å². The largest absolute Gasteiger partial charge is 0.362 e. The van der Waals surface area contributed by atoms with Gasteiger partial charge >= 0.3 is 0 Å². The third-order valence-corrected chi connectivity index (χ3v) is 3.47. The number of likely N-dealkylation sites (N-methyl/N-ethyl adjacent to an activating group) is 1. The summed E-state index contributed by atoms with van der Waals surface area (Å²) < 4.78 is 0. The minimum absolute atomic E-state index is 0.0193. The lowest BCUT2D eigenvalue weighted by molar-refractivity contribution is -0.119. The average molecular weight is 312 g/mol. The molecule has 0 bridgehead atoms. The van der Waals surface area contributed by atoms with E-state index in [1.165, 1.54) is 0 Å². The Morgan fingerprint density at radius 3 is 2.67 bits per heavy atom. The highest BCUT2D eigenvalue weighted by molar-refractivity contribution is 6.30. The van der Waals surface area contributed by atoms with Crippen LogP contribution in [0.3, 0.4) is 0 Å². The highest BCUT2D eigenvalue weighted by atomic mass is 35.5. The van der Waals surface area contributed by atoms with Gasteiger partial charge in [0.25, 0.3) is 0 Å². The molecule has 1 rings (SSSR count). The van der Waals surface area contributed by atoms with Gasteiger partial charge in [-0.05, 0) is 43.1 Å². The minimum atomic E-state index is 0.0193. The predicted molar refractivity (Wildman–Crippen MR) is 90.0 cm³/mol. The van der Waals surface area contributed by atoms with Crippen LogP contribution in [0.2, 0.25) is 5.02 Å². The van der Waals surface area contributed by atoms with E-state index in [0.29, 0.717) is 6.54 Å². The maximum atomic E-state index is 11.7. The lowest BCUT2D eigenvalue weighted by Gasteiger charge is -2.26. The third kappa shape index (κ3) is 5.94. The second-order valence-electron chi connectivity index (χ2n) is 5.04. The van der Waals surface area contributed by atoms with Gasteiger partial charge < -0.3 is 15.5 Å². The van der Waals surface area contributed by atoms with E-state index in [0.717, 1.165) is 48.7 Å². The van der Waals surface area contributed by atoms with Gasteiger partial charge in [0.2, 0.25) is 5.91 Å². The van der Waals surface area contributed by atoms with Crippen LogP contribution in [0.15, 0.2) is 18.2 Å². The molecule has 21 heavy (non-hydrogen) atoms. The van der Waals surface area contributed by atoms with Crippen LogP contribution in [-0.4, -0.2) is 32.6 Å². The summed E-state index contributed by atoms with van der Waals surface area (Å²) in [6.45, 7) is 7.19. The van der Waals surface area contributed by atoms with E-state index >= 15 is 0 Å². The Balaban J connectivity index is 2.96. The smallest absolute Gasteiger partial charge is 0.239 e. The molecule has 118 valence electrons. The number of rotatable bonds is 9. The molecule has 1 aromatic carbocycles. The van der Waals surface area contributed by atoms with Crippen molar-refractivity contribution in [1.82, 2.24) is 10.6 Å². The molecule has 0 atom stereocenters. The zero-order chi connectivity index (χ0) is 15.7. The first-order chi connectivity index (χ1) is 10.1. The normalized spacial score (nSPS) is 10.5. The number of amides is 1. The second kappa shape index (κ2) is 9.64. The first kappa shape index (κ1) is 17.8. The van der Waals surface area contributed by atoms with Crippen molar-refractivity contribution in [2.24, 2.45) is 0 Å². The summed E-state index contributed by atoms with van der Waals surface area (Å²) in [5.74, 6) is 0.0193. The number of nitrogens with one attached hydrogen (secondary N) is 2. The van der Waals surface area contributed by atoms with E-state index < -0.39 is 0 Å². The van der Waals surface area contributed by atoms with Crippen molar-refractivity contribution in [1.29, 1.82) is 0 Å². The lowest BCUT2D eigenvalue weighted by Crippen LogP contribution is -2.37. The molecule has 2 N–H and O–H groups in total. The van der Waals surface area contributed by atoms with Crippen molar-refractivity contribution in [2.45, 2.75) is 33.2 Å². The zero-order valence-electron chi connectivity index (χ0n) is 13.2. The van der Waals surface area contributed by atoms with Gasteiger partial charge in [-0.2, -0.15) is 0 Å². The Morgan fingerprint density at radius 1 is 1.29 bits per heavy atom. The first-order valence-corrected chi connectivity index (χ1v) is 7.94. The summed E-state index contributed by atoms with van der Waals surface area (Å²) in [5.41, 5.74) is 2.21. The molecule has 0 saturated heterocycles. The zero-order valence-corrected chi connectivity index (χ0v) is 14.0. The molecule has 0 aromatic heterocycles. The molecule has 1 aromatic rings. The summed E-state index contributed by atoms with van der Waals surface area (Å²) in [4.78, 5) is 13.8. The van der Waals surface area contributed by atoms with Gasteiger partial charge in [0.15, 0.2) is 0 Å². The van der Waals surface area contributed by atoms with Crippen LogP contribution in [0.4, 0.5) is 5.69 Å². The molecule has 0 unspecified atom stereocenters. The van der Waals surface area contributed by atoms with Gasteiger partial charge in [-0.3, -0.25) is 4.79 Å². The van der Waals surface area contributed by atoms with Gasteiger partial charge in [0.1, 0.15) is 0 Å². The summed E-state index contributed by atoms with van der Waals surface area (Å²) in [7, 11) is 1.66. The maximum Gasteiger partial charge on any atom is 0.239 e. The number of anilines is 1. The van der Waals surface area contributed by atoms with Crippen molar-refractivity contribution in [2.75, 3.05) is 31.6 Å². The number of hydrogen-bond donors (Lipinski definition) is 2. The second-order valence-corrected chi connectivity index (χ2v) is 5.48. The van der Waals surface area contributed by atoms with Crippen LogP contribution in [0.1, 0.15) is 32.3 Å². The molecule has 0 spiro atoms. The Labute approximate surface area is 132 Å². The monoisotopic (exact) mass is 311 g/mol. The molecule has 0 aliphatic carbocycles. The Hall–Kier alpha value is -1.26. The van der Waals surface area contributed by atoms with Crippen molar-refractivity contribution in [3.8, 4) is 0 Å². The number of carbonyl (C=O) groups is 1. The molecular weight excluding hydrogens is 286 g/mol. The molecule has 0 radical (unpaired) electrons. The van der Waals surface area contributed by atoms with E-state index in [1.807, 2.05) is 18.2 Å². The number of nitrogens with zero attached hydrogens (tertiary/aromatic N) is 1. The molecule has 1 amide bonds. The SMILES string of the molecule is CCCNCc1cc(Cl)ccc1N(CCC)CC(=O)NC. The molecule has 5 heteroatoms. The maximum absolute atomic E-state index is 11.7. The van der Waals surface area contributed by atoms with Gasteiger partial charge in [0, 0.05) is 30.8 Å². The molecule has 0 heterocycles. The van der Waals surface area contributed by atoms with Gasteiger partial charge in [-0.1, -0.05) is 25.4 Å². The van der Waals surface area contributed by atoms with Crippen LogP contribution in [0.5, 0.6) is 0 Å². The summed E-state index contributed by atoms with van der Waals surface area (Å²) in [6, 6.07) is 5.86. The first-order valence-electron chi connectivity index (χ1n) is 7.57. The van der Waals surface area contributed by atoms with Crippen molar-refractivity contribution in [3.63, 3.8) is 0 Å². The summed E-state index contributed by atoms with van der Waals surface area (Å²) >= 11 is 6.12. The van der Waals surface area contributed by atoms with Crippen molar-refractivity contribution < 1.29 is 4.79 Å². The molecule has 0 saturated carbocycles. The molecular formula is C16H26ClN3O. The van der Waals surface area contributed by atoms with Crippen molar-refractivity contribution >= 4 is 23.2 Å². The lowest BCUT2D eigenvalue weighted by atomic mass is 10.1. The van der Waals surface area contributed by atoms with E-state index in [2.05, 4.69) is 29.4 Å².